The van der Waals surface area contributed by atoms with Gasteiger partial charge in [0.25, 0.3) is 0 Å². The maximum atomic E-state index is 6.09. The molecule has 0 fully saturated rings. The molecule has 0 saturated heterocycles. The molecule has 3 aromatic carbocycles. The van der Waals surface area contributed by atoms with Crippen LogP contribution < -0.4 is 14.2 Å². The average Bonchev–Trinajstić information content (AvgIpc) is 2.71. The molecule has 0 unspecified atom stereocenters. The van der Waals surface area contributed by atoms with E-state index in [0.29, 0.717) is 17.2 Å². The molecule has 0 aliphatic heterocycles. The molecule has 26 heavy (non-hydrogen) atoms. The predicted octanol–water partition coefficient (Wildman–Crippen LogP) is 5.56. The first kappa shape index (κ1) is 16.2. The molecule has 0 amide bonds. The minimum absolute atomic E-state index is 0.677. The van der Waals surface area contributed by atoms with Crippen molar-refractivity contribution in [2.75, 3.05) is 21.3 Å². The van der Waals surface area contributed by atoms with Gasteiger partial charge in [0.1, 0.15) is 17.2 Å². The van der Waals surface area contributed by atoms with Gasteiger partial charge < -0.3 is 14.2 Å². The summed E-state index contributed by atoms with van der Waals surface area (Å²) in [7, 11) is 4.92. The Kier molecular flexibility index (Phi) is 4.09. The molecule has 4 heteroatoms. The van der Waals surface area contributed by atoms with Crippen molar-refractivity contribution in [1.82, 2.24) is 0 Å². The lowest BCUT2D eigenvalue weighted by atomic mass is 9.95. The van der Waals surface area contributed by atoms with Crippen LogP contribution in [-0.4, -0.2) is 21.3 Å². The lowest BCUT2D eigenvalue weighted by Crippen LogP contribution is -1.96. The summed E-state index contributed by atoms with van der Waals surface area (Å²) in [6.45, 7) is 0. The normalized spacial score (nSPS) is 10.9. The van der Waals surface area contributed by atoms with Gasteiger partial charge in [-0.3, -0.25) is 0 Å². The molecule has 0 atom stereocenters. The Hall–Kier alpha value is -3.27. The van der Waals surface area contributed by atoms with Crippen molar-refractivity contribution in [1.29, 1.82) is 0 Å². The van der Waals surface area contributed by atoms with E-state index in [1.165, 1.54) is 0 Å². The van der Waals surface area contributed by atoms with Crippen molar-refractivity contribution >= 4 is 21.9 Å². The standard InChI is InChI=1S/C22H19O4/c1-23-14-12-19(24-2)22(20(13-14)25-3)21-15-8-4-6-10-17(15)26-18-11-7-5-9-16(18)21/h4-13H,1-3H3/q+1. The molecule has 1 aromatic heterocycles. The number of ether oxygens (including phenoxy) is 3. The molecule has 0 radical (unpaired) electrons. The smallest absolute Gasteiger partial charge is 0.361 e. The van der Waals surface area contributed by atoms with Gasteiger partial charge in [-0.25, -0.2) is 4.42 Å². The highest BCUT2D eigenvalue weighted by Gasteiger charge is 2.25. The highest BCUT2D eigenvalue weighted by Crippen LogP contribution is 2.47. The molecule has 1 heterocycles. The highest BCUT2D eigenvalue weighted by molar-refractivity contribution is 6.10. The van der Waals surface area contributed by atoms with Crippen molar-refractivity contribution in [2.24, 2.45) is 0 Å². The molecule has 0 aliphatic carbocycles. The topological polar surface area (TPSA) is 39.0 Å². The molecule has 0 bridgehead atoms. The Bertz CT molecular complexity index is 1020. The van der Waals surface area contributed by atoms with Crippen molar-refractivity contribution in [2.45, 2.75) is 0 Å². The zero-order chi connectivity index (χ0) is 18.1. The molecular formula is C22H19O4+. The summed E-state index contributed by atoms with van der Waals surface area (Å²) in [5.41, 5.74) is 3.50. The van der Waals surface area contributed by atoms with Crippen molar-refractivity contribution < 1.29 is 18.6 Å². The van der Waals surface area contributed by atoms with Gasteiger partial charge in [0.15, 0.2) is 0 Å². The lowest BCUT2D eigenvalue weighted by Gasteiger charge is -2.16. The van der Waals surface area contributed by atoms with E-state index < -0.39 is 0 Å². The third kappa shape index (κ3) is 2.51. The number of hydrogen-bond donors (Lipinski definition) is 0. The van der Waals surface area contributed by atoms with E-state index in [-0.39, 0.29) is 0 Å². The Balaban J connectivity index is 2.20. The second-order valence-electron chi connectivity index (χ2n) is 5.88. The van der Waals surface area contributed by atoms with Crippen molar-refractivity contribution in [3.05, 3.63) is 60.7 Å². The number of rotatable bonds is 4. The van der Waals surface area contributed by atoms with E-state index in [4.69, 9.17) is 18.6 Å². The quantitative estimate of drug-likeness (QED) is 0.358. The first-order valence-corrected chi connectivity index (χ1v) is 8.30. The van der Waals surface area contributed by atoms with Gasteiger partial charge in [0.05, 0.1) is 37.7 Å². The summed E-state index contributed by atoms with van der Waals surface area (Å²) in [5, 5.41) is 1.99. The molecule has 4 aromatic rings. The lowest BCUT2D eigenvalue weighted by molar-refractivity contribution is 0.377. The van der Waals surface area contributed by atoms with E-state index >= 15 is 0 Å². The minimum Gasteiger partial charge on any atom is -0.496 e. The van der Waals surface area contributed by atoms with E-state index in [2.05, 4.69) is 0 Å². The monoisotopic (exact) mass is 347 g/mol. The molecule has 0 aliphatic rings. The van der Waals surface area contributed by atoms with Crippen LogP contribution in [0.3, 0.4) is 0 Å². The van der Waals surface area contributed by atoms with Crippen molar-refractivity contribution in [3.63, 3.8) is 0 Å². The van der Waals surface area contributed by atoms with Gasteiger partial charge in [-0.1, -0.05) is 24.3 Å². The maximum absolute atomic E-state index is 6.09. The predicted molar refractivity (Wildman–Crippen MR) is 103 cm³/mol. The van der Waals surface area contributed by atoms with Crippen LogP contribution in [0.2, 0.25) is 0 Å². The highest BCUT2D eigenvalue weighted by atomic mass is 16.5. The van der Waals surface area contributed by atoms with Gasteiger partial charge in [-0.2, -0.15) is 0 Å². The fourth-order valence-electron chi connectivity index (χ4n) is 3.31. The fourth-order valence-corrected chi connectivity index (χ4v) is 3.31. The number of benzene rings is 3. The second kappa shape index (κ2) is 6.56. The summed E-state index contributed by atoms with van der Waals surface area (Å²) in [5.74, 6) is 2.04. The fraction of sp³-hybridized carbons (Fsp3) is 0.136. The van der Waals surface area contributed by atoms with Gasteiger partial charge in [0, 0.05) is 29.8 Å². The molecular weight excluding hydrogens is 328 g/mol. The van der Waals surface area contributed by atoms with Gasteiger partial charge in [-0.15, -0.1) is 0 Å². The molecule has 4 rings (SSSR count). The first-order chi connectivity index (χ1) is 12.8. The van der Waals surface area contributed by atoms with Crippen LogP contribution in [0.1, 0.15) is 0 Å². The van der Waals surface area contributed by atoms with Gasteiger partial charge >= 0.3 is 11.2 Å². The van der Waals surface area contributed by atoms with Crippen molar-refractivity contribution in [3.8, 4) is 28.4 Å². The van der Waals surface area contributed by atoms with Crippen LogP contribution in [0.15, 0.2) is 65.1 Å². The second-order valence-corrected chi connectivity index (χ2v) is 5.88. The summed E-state index contributed by atoms with van der Waals surface area (Å²) in [6, 6.07) is 19.7. The SMILES string of the molecule is COc1cc(OC)c(-c2c3ccccc3[o+]c3ccccc23)c(OC)c1. The summed E-state index contributed by atoms with van der Waals surface area (Å²) >= 11 is 0. The first-order valence-electron chi connectivity index (χ1n) is 8.30. The number of methoxy groups -OCH3 is 3. The molecule has 4 nitrogen and oxygen atoms in total. The maximum Gasteiger partial charge on any atom is 0.361 e. The van der Waals surface area contributed by atoms with Crippen LogP contribution in [0.25, 0.3) is 33.1 Å². The Morgan fingerprint density at radius 3 is 1.58 bits per heavy atom. The Morgan fingerprint density at radius 2 is 1.12 bits per heavy atom. The van der Waals surface area contributed by atoms with E-state index in [9.17, 15) is 0 Å². The zero-order valence-corrected chi connectivity index (χ0v) is 14.9. The average molecular weight is 347 g/mol. The van der Waals surface area contributed by atoms with E-state index in [1.807, 2.05) is 60.7 Å². The minimum atomic E-state index is 0.677. The van der Waals surface area contributed by atoms with Crippen LogP contribution in [0.4, 0.5) is 0 Å². The van der Waals surface area contributed by atoms with E-state index in [0.717, 1.165) is 33.1 Å². The molecule has 0 N–H and O–H groups in total. The van der Waals surface area contributed by atoms with Gasteiger partial charge in [0.2, 0.25) is 0 Å². The summed E-state index contributed by atoms with van der Waals surface area (Å²) in [6.07, 6.45) is 0. The molecule has 130 valence electrons. The van der Waals surface area contributed by atoms with Gasteiger partial charge in [-0.05, 0) is 12.1 Å². The number of hydrogen-bond acceptors (Lipinski definition) is 3. The van der Waals surface area contributed by atoms with E-state index in [1.54, 1.807) is 21.3 Å². The third-order valence-electron chi connectivity index (χ3n) is 4.50. The number of para-hydroxylation sites is 2. The van der Waals surface area contributed by atoms with Crippen LogP contribution in [0, 0.1) is 0 Å². The zero-order valence-electron chi connectivity index (χ0n) is 14.9. The summed E-state index contributed by atoms with van der Waals surface area (Å²) < 4.78 is 22.9. The Labute approximate surface area is 151 Å². The number of fused-ring (bicyclic) bond motifs is 2. The van der Waals surface area contributed by atoms with Crippen LogP contribution >= 0.6 is 0 Å². The molecule has 0 saturated carbocycles. The molecule has 0 spiro atoms. The van der Waals surface area contributed by atoms with Crippen LogP contribution in [0.5, 0.6) is 17.2 Å². The third-order valence-corrected chi connectivity index (χ3v) is 4.50. The van der Waals surface area contributed by atoms with Crippen LogP contribution in [-0.2, 0) is 0 Å². The largest absolute Gasteiger partial charge is 0.496 e. The Morgan fingerprint density at radius 1 is 0.615 bits per heavy atom. The summed E-state index contributed by atoms with van der Waals surface area (Å²) in [4.78, 5) is 0.